The second-order valence-corrected chi connectivity index (χ2v) is 8.47. The van der Waals surface area contributed by atoms with Gasteiger partial charge in [0.05, 0.1) is 6.61 Å². The number of rotatable bonds is 7. The average Bonchev–Trinajstić information content (AvgIpc) is 2.34. The summed E-state index contributed by atoms with van der Waals surface area (Å²) in [6.07, 6.45) is -1.79. The van der Waals surface area contributed by atoms with Gasteiger partial charge in [0.2, 0.25) is 0 Å². The third-order valence-corrected chi connectivity index (χ3v) is 7.00. The van der Waals surface area contributed by atoms with E-state index >= 15 is 0 Å². The molecule has 0 aliphatic heterocycles. The quantitative estimate of drug-likeness (QED) is 0.283. The molecule has 0 aromatic rings. The van der Waals surface area contributed by atoms with Gasteiger partial charge in [-0.2, -0.15) is 26.3 Å². The van der Waals surface area contributed by atoms with Crippen LogP contribution in [0.3, 0.4) is 0 Å². The van der Waals surface area contributed by atoms with Crippen LogP contribution in [0.25, 0.3) is 0 Å². The standard InChI is InChI=1S/C9H10F6O6S2/c1-2-6(16)21-5-3-4-7(22(17,18)8(10,11)12)23(19,20)9(13,14)15/h2,7H,1,3-5H2. The van der Waals surface area contributed by atoms with E-state index in [1.54, 1.807) is 0 Å². The molecule has 136 valence electrons. The van der Waals surface area contributed by atoms with E-state index in [0.29, 0.717) is 6.08 Å². The first kappa shape index (κ1) is 21.7. The van der Waals surface area contributed by atoms with Crippen molar-refractivity contribution in [1.29, 1.82) is 0 Å². The molecule has 0 bridgehead atoms. The highest BCUT2D eigenvalue weighted by Crippen LogP contribution is 2.38. The van der Waals surface area contributed by atoms with Crippen molar-refractivity contribution in [3.63, 3.8) is 0 Å². The Bertz CT molecular complexity index is 601. The number of carbonyl (C=O) groups excluding carboxylic acids is 1. The smallest absolute Gasteiger partial charge is 0.463 e. The monoisotopic (exact) mass is 392 g/mol. The Labute approximate surface area is 126 Å². The second kappa shape index (κ2) is 7.07. The number of esters is 1. The van der Waals surface area contributed by atoms with Gasteiger partial charge < -0.3 is 4.74 Å². The minimum atomic E-state index is -6.65. The second-order valence-electron chi connectivity index (χ2n) is 3.92. The molecule has 0 aromatic carbocycles. The Morgan fingerprint density at radius 2 is 1.39 bits per heavy atom. The molecule has 23 heavy (non-hydrogen) atoms. The zero-order chi connectivity index (χ0) is 18.7. The van der Waals surface area contributed by atoms with E-state index in [9.17, 15) is 48.0 Å². The minimum Gasteiger partial charge on any atom is -0.463 e. The third kappa shape index (κ3) is 5.09. The largest absolute Gasteiger partial charge is 0.498 e. The first-order chi connectivity index (χ1) is 10.1. The molecule has 0 aliphatic carbocycles. The van der Waals surface area contributed by atoms with E-state index in [4.69, 9.17) is 0 Å². The molecule has 0 aromatic heterocycles. The lowest BCUT2D eigenvalue weighted by Crippen LogP contribution is -2.45. The van der Waals surface area contributed by atoms with Crippen molar-refractivity contribution in [2.24, 2.45) is 0 Å². The third-order valence-electron chi connectivity index (χ3n) is 2.33. The molecule has 0 heterocycles. The van der Waals surface area contributed by atoms with E-state index in [0.717, 1.165) is 0 Å². The maximum absolute atomic E-state index is 12.4. The van der Waals surface area contributed by atoms with E-state index in [1.165, 1.54) is 0 Å². The lowest BCUT2D eigenvalue weighted by atomic mass is 10.3. The summed E-state index contributed by atoms with van der Waals surface area (Å²) in [5, 5.41) is 0. The Morgan fingerprint density at radius 3 is 1.70 bits per heavy atom. The summed E-state index contributed by atoms with van der Waals surface area (Å²) in [5.41, 5.74) is -12.4. The van der Waals surface area contributed by atoms with Gasteiger partial charge in [-0.15, -0.1) is 0 Å². The fraction of sp³-hybridized carbons (Fsp3) is 0.667. The number of halogens is 6. The lowest BCUT2D eigenvalue weighted by Gasteiger charge is -2.20. The molecule has 0 saturated heterocycles. The van der Waals surface area contributed by atoms with Gasteiger partial charge >= 0.3 is 17.0 Å². The predicted octanol–water partition coefficient (Wildman–Crippen LogP) is 1.69. The molecule has 0 saturated carbocycles. The average molecular weight is 392 g/mol. The molecule has 0 spiro atoms. The van der Waals surface area contributed by atoms with Crippen molar-refractivity contribution in [1.82, 2.24) is 0 Å². The molecule has 0 amide bonds. The number of sulfone groups is 2. The van der Waals surface area contributed by atoms with Crippen LogP contribution in [0.15, 0.2) is 12.7 Å². The van der Waals surface area contributed by atoms with E-state index in [-0.39, 0.29) is 0 Å². The van der Waals surface area contributed by atoms with Crippen molar-refractivity contribution >= 4 is 25.6 Å². The van der Waals surface area contributed by atoms with Crippen molar-refractivity contribution in [3.05, 3.63) is 12.7 Å². The topological polar surface area (TPSA) is 94.6 Å². The highest BCUT2D eigenvalue weighted by Gasteiger charge is 2.62. The van der Waals surface area contributed by atoms with E-state index in [1.807, 2.05) is 0 Å². The molecular weight excluding hydrogens is 382 g/mol. The molecule has 0 N–H and O–H groups in total. The van der Waals surface area contributed by atoms with Crippen LogP contribution in [0.1, 0.15) is 12.8 Å². The molecule has 0 fully saturated rings. The molecule has 0 radical (unpaired) electrons. The number of ether oxygens (including phenoxy) is 1. The summed E-state index contributed by atoms with van der Waals surface area (Å²) >= 11 is 0. The Morgan fingerprint density at radius 1 is 1.00 bits per heavy atom. The van der Waals surface area contributed by atoms with Crippen LogP contribution in [-0.2, 0) is 29.2 Å². The van der Waals surface area contributed by atoms with Crippen LogP contribution in [0.4, 0.5) is 26.3 Å². The summed E-state index contributed by atoms with van der Waals surface area (Å²) in [5.74, 6) is -1.07. The van der Waals surface area contributed by atoms with Crippen LogP contribution in [-0.4, -0.2) is 45.0 Å². The molecule has 0 aliphatic rings. The first-order valence-corrected chi connectivity index (χ1v) is 8.57. The maximum Gasteiger partial charge on any atom is 0.498 e. The number of carbonyl (C=O) groups is 1. The Kier molecular flexibility index (Phi) is 6.66. The van der Waals surface area contributed by atoms with Gasteiger partial charge in [-0.25, -0.2) is 21.6 Å². The molecule has 0 rings (SSSR count). The molecule has 14 heteroatoms. The molecule has 0 unspecified atom stereocenters. The highest BCUT2D eigenvalue weighted by molar-refractivity contribution is 8.09. The summed E-state index contributed by atoms with van der Waals surface area (Å²) in [7, 11) is -13.3. The molecular formula is C9H10F6O6S2. The fourth-order valence-corrected chi connectivity index (χ4v) is 4.80. The van der Waals surface area contributed by atoms with Crippen molar-refractivity contribution in [2.45, 2.75) is 28.4 Å². The van der Waals surface area contributed by atoms with Crippen LogP contribution >= 0.6 is 0 Å². The Hall–Kier alpha value is -1.31. The fourth-order valence-electron chi connectivity index (χ4n) is 1.26. The van der Waals surface area contributed by atoms with Crippen LogP contribution in [0.5, 0.6) is 0 Å². The van der Waals surface area contributed by atoms with E-state index < -0.39 is 60.7 Å². The van der Waals surface area contributed by atoms with Gasteiger partial charge in [0.25, 0.3) is 19.7 Å². The Balaban J connectivity index is 5.54. The zero-order valence-corrected chi connectivity index (χ0v) is 12.6. The van der Waals surface area contributed by atoms with Crippen molar-refractivity contribution in [3.8, 4) is 0 Å². The van der Waals surface area contributed by atoms with Gasteiger partial charge in [-0.1, -0.05) is 6.58 Å². The number of alkyl halides is 6. The lowest BCUT2D eigenvalue weighted by molar-refractivity contribution is -0.137. The van der Waals surface area contributed by atoms with Gasteiger partial charge in [-0.05, 0) is 12.8 Å². The normalized spacial score (nSPS) is 13.9. The minimum absolute atomic E-state index is 0.635. The van der Waals surface area contributed by atoms with Gasteiger partial charge in [-0.3, -0.25) is 0 Å². The van der Waals surface area contributed by atoms with Crippen LogP contribution in [0.2, 0.25) is 0 Å². The van der Waals surface area contributed by atoms with Gasteiger partial charge in [0, 0.05) is 6.08 Å². The summed E-state index contributed by atoms with van der Waals surface area (Å²) < 4.78 is 119. The summed E-state index contributed by atoms with van der Waals surface area (Å²) in [4.78, 5) is 10.6. The van der Waals surface area contributed by atoms with Crippen LogP contribution in [0, 0.1) is 0 Å². The predicted molar refractivity (Wildman–Crippen MR) is 64.1 cm³/mol. The molecule has 6 nitrogen and oxygen atoms in total. The van der Waals surface area contributed by atoms with Crippen molar-refractivity contribution in [2.75, 3.05) is 6.61 Å². The van der Waals surface area contributed by atoms with Gasteiger partial charge in [0.1, 0.15) is 0 Å². The summed E-state index contributed by atoms with van der Waals surface area (Å²) in [6, 6.07) is 0. The SMILES string of the molecule is C=CC(=O)OCCCC(S(=O)(=O)C(F)(F)F)S(=O)(=O)C(F)(F)F. The van der Waals surface area contributed by atoms with Crippen LogP contribution < -0.4 is 0 Å². The van der Waals surface area contributed by atoms with Gasteiger partial charge in [0.15, 0.2) is 4.58 Å². The highest BCUT2D eigenvalue weighted by atomic mass is 32.3. The number of hydrogen-bond acceptors (Lipinski definition) is 6. The summed E-state index contributed by atoms with van der Waals surface area (Å²) in [6.45, 7) is 2.16. The maximum atomic E-state index is 12.4. The molecule has 0 atom stereocenters. The zero-order valence-electron chi connectivity index (χ0n) is 11.0. The first-order valence-electron chi connectivity index (χ1n) is 5.48. The number of hydrogen-bond donors (Lipinski definition) is 0. The van der Waals surface area contributed by atoms with E-state index in [2.05, 4.69) is 11.3 Å². The van der Waals surface area contributed by atoms with Crippen molar-refractivity contribution < 1.29 is 52.7 Å².